The van der Waals surface area contributed by atoms with E-state index in [4.69, 9.17) is 4.74 Å². The molecule has 142 valence electrons. The fourth-order valence-electron chi connectivity index (χ4n) is 2.18. The monoisotopic (exact) mass is 371 g/mol. The summed E-state index contributed by atoms with van der Waals surface area (Å²) in [5.41, 5.74) is 4.99. The second kappa shape index (κ2) is 9.27. The number of carbonyl (C=O) groups is 3. The molecule has 0 fully saturated rings. The zero-order valence-electron chi connectivity index (χ0n) is 15.2. The van der Waals surface area contributed by atoms with Crippen LogP contribution in [0.1, 0.15) is 34.7 Å². The molecule has 0 aliphatic heterocycles. The predicted octanol–water partition coefficient (Wildman–Crippen LogP) is 0.701. The summed E-state index contributed by atoms with van der Waals surface area (Å²) < 4.78 is 5.05. The van der Waals surface area contributed by atoms with E-state index in [1.165, 1.54) is 25.7 Å². The number of hydrogen-bond acceptors (Lipinski definition) is 6. The van der Waals surface area contributed by atoms with Crippen LogP contribution in [0.2, 0.25) is 0 Å². The summed E-state index contributed by atoms with van der Waals surface area (Å²) in [6.45, 7) is 3.56. The van der Waals surface area contributed by atoms with E-state index in [0.717, 1.165) is 0 Å². The molecule has 1 atom stereocenters. The maximum atomic E-state index is 12.4. The first-order chi connectivity index (χ1) is 12.9. The average molecular weight is 371 g/mol. The SMILES string of the molecule is COc1ccc(C(=O)NC(C(=O)NNC(=O)c2cnccn2)C(C)C)cc1. The van der Waals surface area contributed by atoms with Crippen LogP contribution in [0, 0.1) is 5.92 Å². The van der Waals surface area contributed by atoms with Gasteiger partial charge >= 0.3 is 0 Å². The number of nitrogens with zero attached hydrogens (tertiary/aromatic N) is 2. The number of nitrogens with one attached hydrogen (secondary N) is 3. The van der Waals surface area contributed by atoms with Crippen LogP contribution >= 0.6 is 0 Å². The van der Waals surface area contributed by atoms with E-state index in [1.807, 2.05) is 0 Å². The normalized spacial score (nSPS) is 11.4. The van der Waals surface area contributed by atoms with Crippen LogP contribution in [-0.2, 0) is 4.79 Å². The molecule has 0 aliphatic carbocycles. The van der Waals surface area contributed by atoms with Crippen molar-refractivity contribution in [3.05, 3.63) is 54.1 Å². The summed E-state index contributed by atoms with van der Waals surface area (Å²) in [5.74, 6) is -1.16. The Hall–Kier alpha value is -3.49. The molecule has 0 spiro atoms. The van der Waals surface area contributed by atoms with Crippen LogP contribution in [0.4, 0.5) is 0 Å². The van der Waals surface area contributed by atoms with Gasteiger partial charge < -0.3 is 10.1 Å². The third kappa shape index (κ3) is 5.50. The van der Waals surface area contributed by atoms with Gasteiger partial charge in [-0.05, 0) is 30.2 Å². The number of methoxy groups -OCH3 is 1. The van der Waals surface area contributed by atoms with Gasteiger partial charge in [0, 0.05) is 18.0 Å². The van der Waals surface area contributed by atoms with Gasteiger partial charge in [-0.3, -0.25) is 30.2 Å². The minimum Gasteiger partial charge on any atom is -0.497 e. The topological polar surface area (TPSA) is 122 Å². The molecule has 0 saturated heterocycles. The van der Waals surface area contributed by atoms with Crippen molar-refractivity contribution >= 4 is 17.7 Å². The van der Waals surface area contributed by atoms with Crippen molar-refractivity contribution in [3.63, 3.8) is 0 Å². The van der Waals surface area contributed by atoms with E-state index in [-0.39, 0.29) is 11.6 Å². The van der Waals surface area contributed by atoms with Crippen molar-refractivity contribution in [2.75, 3.05) is 7.11 Å². The van der Waals surface area contributed by atoms with E-state index in [2.05, 4.69) is 26.1 Å². The second-order valence-corrected chi connectivity index (χ2v) is 5.96. The Morgan fingerprint density at radius 1 is 1.00 bits per heavy atom. The third-order valence-electron chi connectivity index (χ3n) is 3.68. The van der Waals surface area contributed by atoms with E-state index >= 15 is 0 Å². The largest absolute Gasteiger partial charge is 0.497 e. The van der Waals surface area contributed by atoms with Crippen molar-refractivity contribution in [3.8, 4) is 5.75 Å². The van der Waals surface area contributed by atoms with Gasteiger partial charge in [-0.1, -0.05) is 13.8 Å². The standard InChI is InChI=1S/C18H21N5O4/c1-11(2)15(21-16(24)12-4-6-13(27-3)7-5-12)18(26)23-22-17(25)14-10-19-8-9-20-14/h4-11,15H,1-3H3,(H,21,24)(H,22,25)(H,23,26). The number of rotatable bonds is 6. The molecule has 9 nitrogen and oxygen atoms in total. The van der Waals surface area contributed by atoms with Crippen molar-refractivity contribution in [1.82, 2.24) is 26.1 Å². The Bertz CT molecular complexity index is 793. The molecule has 0 aliphatic rings. The van der Waals surface area contributed by atoms with Gasteiger partial charge in [0.1, 0.15) is 17.5 Å². The minimum atomic E-state index is -0.846. The van der Waals surface area contributed by atoms with Crippen molar-refractivity contribution < 1.29 is 19.1 Å². The molecule has 1 aromatic heterocycles. The molecule has 0 saturated carbocycles. The van der Waals surface area contributed by atoms with Gasteiger partial charge in [-0.2, -0.15) is 0 Å². The molecule has 1 heterocycles. The highest BCUT2D eigenvalue weighted by Gasteiger charge is 2.25. The van der Waals surface area contributed by atoms with Crippen LogP contribution in [0.5, 0.6) is 5.75 Å². The molecule has 2 rings (SSSR count). The number of benzene rings is 1. The zero-order valence-corrected chi connectivity index (χ0v) is 15.2. The summed E-state index contributed by atoms with van der Waals surface area (Å²) in [6.07, 6.45) is 4.06. The average Bonchev–Trinajstić information content (AvgIpc) is 2.70. The lowest BCUT2D eigenvalue weighted by atomic mass is 10.0. The maximum absolute atomic E-state index is 12.4. The smallest absolute Gasteiger partial charge is 0.289 e. The van der Waals surface area contributed by atoms with Crippen molar-refractivity contribution in [2.45, 2.75) is 19.9 Å². The fraction of sp³-hybridized carbons (Fsp3) is 0.278. The first kappa shape index (κ1) is 19.8. The van der Waals surface area contributed by atoms with Crippen LogP contribution in [0.3, 0.4) is 0 Å². The van der Waals surface area contributed by atoms with Crippen LogP contribution in [-0.4, -0.2) is 40.8 Å². The Labute approximate surface area is 156 Å². The van der Waals surface area contributed by atoms with Crippen molar-refractivity contribution in [1.29, 1.82) is 0 Å². The van der Waals surface area contributed by atoms with E-state index in [1.54, 1.807) is 38.1 Å². The highest BCUT2D eigenvalue weighted by atomic mass is 16.5. The van der Waals surface area contributed by atoms with E-state index in [9.17, 15) is 14.4 Å². The van der Waals surface area contributed by atoms with Crippen molar-refractivity contribution in [2.24, 2.45) is 5.92 Å². The minimum absolute atomic E-state index is 0.0566. The summed E-state index contributed by atoms with van der Waals surface area (Å²) in [4.78, 5) is 44.3. The van der Waals surface area contributed by atoms with E-state index in [0.29, 0.717) is 11.3 Å². The molecule has 27 heavy (non-hydrogen) atoms. The van der Waals surface area contributed by atoms with Crippen LogP contribution in [0.15, 0.2) is 42.9 Å². The van der Waals surface area contributed by atoms with Gasteiger partial charge in [0.25, 0.3) is 17.7 Å². The molecule has 1 unspecified atom stereocenters. The summed E-state index contributed by atoms with van der Waals surface area (Å²) in [5, 5.41) is 2.66. The Kier molecular flexibility index (Phi) is 6.81. The number of ether oxygens (including phenoxy) is 1. The Morgan fingerprint density at radius 2 is 1.70 bits per heavy atom. The highest BCUT2D eigenvalue weighted by molar-refractivity contribution is 5.98. The lowest BCUT2D eigenvalue weighted by Crippen LogP contribution is -2.54. The Morgan fingerprint density at radius 3 is 2.26 bits per heavy atom. The van der Waals surface area contributed by atoms with Gasteiger partial charge in [-0.15, -0.1) is 0 Å². The number of hydrazine groups is 1. The van der Waals surface area contributed by atoms with Crippen LogP contribution < -0.4 is 20.9 Å². The van der Waals surface area contributed by atoms with Crippen LogP contribution in [0.25, 0.3) is 0 Å². The Balaban J connectivity index is 1.97. The molecule has 0 bridgehead atoms. The molecular weight excluding hydrogens is 350 g/mol. The fourth-order valence-corrected chi connectivity index (χ4v) is 2.18. The molecule has 9 heteroatoms. The number of amides is 3. The summed E-state index contributed by atoms with van der Waals surface area (Å²) in [7, 11) is 1.53. The quantitative estimate of drug-likeness (QED) is 0.643. The third-order valence-corrected chi connectivity index (χ3v) is 3.68. The maximum Gasteiger partial charge on any atom is 0.289 e. The second-order valence-electron chi connectivity index (χ2n) is 5.96. The summed E-state index contributed by atoms with van der Waals surface area (Å²) >= 11 is 0. The molecule has 0 radical (unpaired) electrons. The first-order valence-corrected chi connectivity index (χ1v) is 8.23. The van der Waals surface area contributed by atoms with E-state index < -0.39 is 23.8 Å². The lowest BCUT2D eigenvalue weighted by Gasteiger charge is -2.21. The summed E-state index contributed by atoms with van der Waals surface area (Å²) in [6, 6.07) is 5.65. The van der Waals surface area contributed by atoms with Gasteiger partial charge in [0.15, 0.2) is 0 Å². The van der Waals surface area contributed by atoms with Gasteiger partial charge in [0.2, 0.25) is 0 Å². The van der Waals surface area contributed by atoms with Gasteiger partial charge in [-0.25, -0.2) is 4.98 Å². The molecule has 3 amide bonds. The molecular formula is C18H21N5O4. The zero-order chi connectivity index (χ0) is 19.8. The molecule has 2 aromatic rings. The molecule has 3 N–H and O–H groups in total. The highest BCUT2D eigenvalue weighted by Crippen LogP contribution is 2.12. The lowest BCUT2D eigenvalue weighted by molar-refractivity contribution is -0.124. The number of hydrogen-bond donors (Lipinski definition) is 3. The molecule has 1 aromatic carbocycles. The predicted molar refractivity (Wildman–Crippen MR) is 96.7 cm³/mol. The number of carbonyl (C=O) groups excluding carboxylic acids is 3. The number of aromatic nitrogens is 2. The first-order valence-electron chi connectivity index (χ1n) is 8.23. The van der Waals surface area contributed by atoms with Gasteiger partial charge in [0.05, 0.1) is 13.3 Å².